The van der Waals surface area contributed by atoms with Crippen LogP contribution >= 0.6 is 0 Å². The largest absolute Gasteiger partial charge is 0.381 e. The van der Waals surface area contributed by atoms with Crippen molar-refractivity contribution in [2.75, 3.05) is 16.9 Å². The van der Waals surface area contributed by atoms with Gasteiger partial charge in [-0.25, -0.2) is 27.2 Å². The highest BCUT2D eigenvalue weighted by Crippen LogP contribution is 2.28. The first-order valence-corrected chi connectivity index (χ1v) is 11.6. The van der Waals surface area contributed by atoms with E-state index < -0.39 is 27.4 Å². The van der Waals surface area contributed by atoms with Gasteiger partial charge in [0, 0.05) is 23.4 Å². The van der Waals surface area contributed by atoms with Crippen LogP contribution in [-0.4, -0.2) is 30.5 Å². The fourth-order valence-electron chi connectivity index (χ4n) is 3.40. The van der Waals surface area contributed by atoms with Crippen molar-refractivity contribution in [3.63, 3.8) is 0 Å². The van der Waals surface area contributed by atoms with E-state index in [1.807, 2.05) is 0 Å². The molecule has 10 heteroatoms. The van der Waals surface area contributed by atoms with Gasteiger partial charge in [-0.2, -0.15) is 0 Å². The Bertz CT molecular complexity index is 1490. The number of carbonyl (C=O) groups is 1. The Balaban J connectivity index is 1.84. The van der Waals surface area contributed by atoms with Crippen LogP contribution in [-0.2, 0) is 16.4 Å². The van der Waals surface area contributed by atoms with Crippen LogP contribution in [0.3, 0.4) is 0 Å². The van der Waals surface area contributed by atoms with E-state index in [2.05, 4.69) is 9.97 Å². The third-order valence-electron chi connectivity index (χ3n) is 4.91. The maximum Gasteiger partial charge on any atom is 0.258 e. The molecule has 0 saturated heterocycles. The number of fused-ring (bicyclic) bond motifs is 1. The molecule has 0 aliphatic rings. The quantitative estimate of drug-likeness (QED) is 0.478. The van der Waals surface area contributed by atoms with Crippen LogP contribution in [0.25, 0.3) is 10.9 Å². The minimum Gasteiger partial charge on any atom is -0.381 e. The smallest absolute Gasteiger partial charge is 0.258 e. The molecule has 2 heterocycles. The lowest BCUT2D eigenvalue weighted by atomic mass is 10.1. The third-order valence-corrected chi connectivity index (χ3v) is 5.93. The molecule has 0 aliphatic heterocycles. The lowest BCUT2D eigenvalue weighted by molar-refractivity contribution is 0.0984. The number of nitrogens with zero attached hydrogens (tertiary/aromatic N) is 3. The first kappa shape index (κ1) is 22.3. The molecule has 2 N–H and O–H groups in total. The molecule has 7 nitrogen and oxygen atoms in total. The van der Waals surface area contributed by atoms with Crippen LogP contribution in [0.1, 0.15) is 15.9 Å². The van der Waals surface area contributed by atoms with Crippen LogP contribution in [0.2, 0.25) is 0 Å². The topological polar surface area (TPSA) is 106 Å². The normalized spacial score (nSPS) is 11.5. The van der Waals surface area contributed by atoms with Crippen molar-refractivity contribution >= 4 is 38.2 Å². The minimum atomic E-state index is -3.79. The maximum atomic E-state index is 13.8. The van der Waals surface area contributed by atoms with E-state index in [-0.39, 0.29) is 28.6 Å². The second-order valence-corrected chi connectivity index (χ2v) is 9.32. The summed E-state index contributed by atoms with van der Waals surface area (Å²) < 4.78 is 52.2. The SMILES string of the molecule is CS(=O)(=O)c1ncccc1N(Cc1ccc2cc(F)c(N)nc2c1)C(=O)c1cccc(F)c1. The van der Waals surface area contributed by atoms with Gasteiger partial charge in [-0.3, -0.25) is 4.79 Å². The second kappa shape index (κ2) is 8.55. The minimum absolute atomic E-state index is 0.0310. The zero-order valence-corrected chi connectivity index (χ0v) is 18.2. The maximum absolute atomic E-state index is 13.8. The molecule has 2 aromatic carbocycles. The number of rotatable bonds is 5. The van der Waals surface area contributed by atoms with Crippen LogP contribution in [0.4, 0.5) is 20.3 Å². The molecule has 0 fully saturated rings. The van der Waals surface area contributed by atoms with Crippen molar-refractivity contribution < 1.29 is 22.0 Å². The molecular weight excluding hydrogens is 450 g/mol. The number of hydrogen-bond donors (Lipinski definition) is 1. The predicted octanol–water partition coefficient (Wildman–Crippen LogP) is 3.74. The Morgan fingerprint density at radius 1 is 1.06 bits per heavy atom. The van der Waals surface area contributed by atoms with Crippen molar-refractivity contribution in [1.82, 2.24) is 9.97 Å². The van der Waals surface area contributed by atoms with Crippen LogP contribution in [0.5, 0.6) is 0 Å². The standard InChI is InChI=1S/C23H18F2N4O3S/c1-33(31,32)22-20(6-3-9-27-22)29(23(30)16-4-2-5-17(24)11-16)13-14-7-8-15-12-18(25)21(26)28-19(15)10-14/h2-12H,13H2,1H3,(H2,26,28). The van der Waals surface area contributed by atoms with Crippen molar-refractivity contribution in [3.8, 4) is 0 Å². The fourth-order valence-corrected chi connectivity index (χ4v) is 4.21. The lowest BCUT2D eigenvalue weighted by Crippen LogP contribution is -2.32. The number of pyridine rings is 2. The Morgan fingerprint density at radius 3 is 2.58 bits per heavy atom. The third kappa shape index (κ3) is 4.65. The van der Waals surface area contributed by atoms with Gasteiger partial charge in [0.15, 0.2) is 26.5 Å². The van der Waals surface area contributed by atoms with Crippen molar-refractivity contribution in [2.45, 2.75) is 11.6 Å². The van der Waals surface area contributed by atoms with Gasteiger partial charge >= 0.3 is 0 Å². The summed E-state index contributed by atoms with van der Waals surface area (Å²) in [5.74, 6) is -2.15. The Hall–Kier alpha value is -3.92. The number of benzene rings is 2. The highest BCUT2D eigenvalue weighted by Gasteiger charge is 2.25. The molecule has 4 rings (SSSR count). The molecule has 0 spiro atoms. The molecular formula is C23H18F2N4O3S. The molecule has 1 amide bonds. The summed E-state index contributed by atoms with van der Waals surface area (Å²) in [5, 5.41) is 0.214. The van der Waals surface area contributed by atoms with E-state index in [0.717, 1.165) is 12.3 Å². The summed E-state index contributed by atoms with van der Waals surface area (Å²) in [5.41, 5.74) is 6.61. The number of halogens is 2. The monoisotopic (exact) mass is 468 g/mol. The summed E-state index contributed by atoms with van der Waals surface area (Å²) in [6.07, 6.45) is 2.29. The number of nitrogen functional groups attached to an aromatic ring is 1. The van der Waals surface area contributed by atoms with Crippen molar-refractivity contribution in [1.29, 1.82) is 0 Å². The molecule has 0 radical (unpaired) electrons. The first-order chi connectivity index (χ1) is 15.6. The van der Waals surface area contributed by atoms with E-state index in [1.165, 1.54) is 47.5 Å². The molecule has 33 heavy (non-hydrogen) atoms. The molecule has 0 saturated carbocycles. The highest BCUT2D eigenvalue weighted by molar-refractivity contribution is 7.90. The number of aromatic nitrogens is 2. The molecule has 0 bridgehead atoms. The summed E-state index contributed by atoms with van der Waals surface area (Å²) >= 11 is 0. The fraction of sp³-hybridized carbons (Fsp3) is 0.0870. The zero-order chi connectivity index (χ0) is 23.8. The Morgan fingerprint density at radius 2 is 1.85 bits per heavy atom. The number of nitrogens with two attached hydrogens (primary N) is 1. The lowest BCUT2D eigenvalue weighted by Gasteiger charge is -2.24. The molecule has 4 aromatic rings. The van der Waals surface area contributed by atoms with Gasteiger partial charge < -0.3 is 10.6 Å². The van der Waals surface area contributed by atoms with Crippen LogP contribution in [0, 0.1) is 11.6 Å². The Kier molecular flexibility index (Phi) is 5.77. The number of hydrogen-bond acceptors (Lipinski definition) is 6. The van der Waals surface area contributed by atoms with Gasteiger partial charge in [-0.05, 0) is 48.0 Å². The van der Waals surface area contributed by atoms with E-state index in [0.29, 0.717) is 16.5 Å². The second-order valence-electron chi connectivity index (χ2n) is 7.38. The van der Waals surface area contributed by atoms with E-state index in [9.17, 15) is 22.0 Å². The number of carbonyl (C=O) groups excluding carboxylic acids is 1. The average Bonchev–Trinajstić information content (AvgIpc) is 2.77. The summed E-state index contributed by atoms with van der Waals surface area (Å²) in [7, 11) is -3.79. The van der Waals surface area contributed by atoms with E-state index in [4.69, 9.17) is 5.73 Å². The number of sulfone groups is 1. The number of amides is 1. The summed E-state index contributed by atoms with van der Waals surface area (Å²) in [6, 6.07) is 14.2. The molecule has 0 unspecified atom stereocenters. The summed E-state index contributed by atoms with van der Waals surface area (Å²) in [6.45, 7) is -0.0849. The Labute approximate surface area is 188 Å². The first-order valence-electron chi connectivity index (χ1n) is 9.70. The van der Waals surface area contributed by atoms with Crippen LogP contribution < -0.4 is 10.6 Å². The number of anilines is 2. The zero-order valence-electron chi connectivity index (χ0n) is 17.4. The van der Waals surface area contributed by atoms with Gasteiger partial charge in [-0.1, -0.05) is 18.2 Å². The predicted molar refractivity (Wildman–Crippen MR) is 120 cm³/mol. The summed E-state index contributed by atoms with van der Waals surface area (Å²) in [4.78, 5) is 22.6. The molecule has 2 aromatic heterocycles. The van der Waals surface area contributed by atoms with Gasteiger partial charge in [-0.15, -0.1) is 0 Å². The molecule has 0 atom stereocenters. The van der Waals surface area contributed by atoms with Gasteiger partial charge in [0.1, 0.15) is 5.82 Å². The average molecular weight is 468 g/mol. The van der Waals surface area contributed by atoms with Gasteiger partial charge in [0.25, 0.3) is 5.91 Å². The molecule has 168 valence electrons. The van der Waals surface area contributed by atoms with Crippen LogP contribution in [0.15, 0.2) is 71.9 Å². The van der Waals surface area contributed by atoms with Crippen molar-refractivity contribution in [2.24, 2.45) is 0 Å². The van der Waals surface area contributed by atoms with Gasteiger partial charge in [0.05, 0.1) is 17.7 Å². The van der Waals surface area contributed by atoms with E-state index >= 15 is 0 Å². The van der Waals surface area contributed by atoms with Crippen molar-refractivity contribution in [3.05, 3.63) is 89.6 Å². The van der Waals surface area contributed by atoms with E-state index in [1.54, 1.807) is 18.2 Å². The molecule has 0 aliphatic carbocycles. The highest BCUT2D eigenvalue weighted by atomic mass is 32.2. The van der Waals surface area contributed by atoms with Gasteiger partial charge in [0.2, 0.25) is 0 Å².